The van der Waals surface area contributed by atoms with Crippen molar-refractivity contribution in [2.75, 3.05) is 37.3 Å². The number of aromatic nitrogens is 1. The Balaban J connectivity index is 1.95. The number of likely N-dealkylation sites (tertiary alicyclic amines) is 1. The SMILES string of the molecule is CNc1nc(NCC2CCN(C(C)C)C2)c(Cl)cc1Cl. The van der Waals surface area contributed by atoms with Gasteiger partial charge in [0.1, 0.15) is 11.6 Å². The van der Waals surface area contributed by atoms with Gasteiger partial charge in [0.15, 0.2) is 0 Å². The molecule has 1 aromatic rings. The molecule has 20 heavy (non-hydrogen) atoms. The second kappa shape index (κ2) is 6.83. The van der Waals surface area contributed by atoms with Gasteiger partial charge in [-0.1, -0.05) is 23.2 Å². The summed E-state index contributed by atoms with van der Waals surface area (Å²) in [5.74, 6) is 1.99. The zero-order chi connectivity index (χ0) is 14.7. The maximum Gasteiger partial charge on any atom is 0.147 e. The first-order valence-corrected chi connectivity index (χ1v) is 7.78. The number of nitrogens with zero attached hydrogens (tertiary/aromatic N) is 2. The Labute approximate surface area is 130 Å². The van der Waals surface area contributed by atoms with Crippen LogP contribution in [0, 0.1) is 5.92 Å². The molecule has 2 N–H and O–H groups in total. The minimum Gasteiger partial charge on any atom is -0.372 e. The molecule has 0 saturated carbocycles. The number of pyridine rings is 1. The van der Waals surface area contributed by atoms with Crippen LogP contribution in [0.4, 0.5) is 11.6 Å². The fourth-order valence-corrected chi connectivity index (χ4v) is 3.03. The molecule has 4 nitrogen and oxygen atoms in total. The Kier molecular flexibility index (Phi) is 5.35. The van der Waals surface area contributed by atoms with E-state index in [1.54, 1.807) is 13.1 Å². The van der Waals surface area contributed by atoms with Gasteiger partial charge in [-0.15, -0.1) is 0 Å². The van der Waals surface area contributed by atoms with Crippen LogP contribution >= 0.6 is 23.2 Å². The van der Waals surface area contributed by atoms with Crippen molar-refractivity contribution in [1.82, 2.24) is 9.88 Å². The van der Waals surface area contributed by atoms with Crippen LogP contribution < -0.4 is 10.6 Å². The fraction of sp³-hybridized carbons (Fsp3) is 0.643. The van der Waals surface area contributed by atoms with Gasteiger partial charge in [-0.25, -0.2) is 4.98 Å². The molecule has 1 atom stereocenters. The average Bonchev–Trinajstić information content (AvgIpc) is 2.87. The van der Waals surface area contributed by atoms with Crippen molar-refractivity contribution in [2.24, 2.45) is 5.92 Å². The Morgan fingerprint density at radius 2 is 2.05 bits per heavy atom. The highest BCUT2D eigenvalue weighted by Gasteiger charge is 2.24. The first-order valence-electron chi connectivity index (χ1n) is 7.03. The lowest BCUT2D eigenvalue weighted by Gasteiger charge is -2.20. The van der Waals surface area contributed by atoms with E-state index < -0.39 is 0 Å². The summed E-state index contributed by atoms with van der Waals surface area (Å²) >= 11 is 12.2. The number of rotatable bonds is 5. The molecule has 0 amide bonds. The summed E-state index contributed by atoms with van der Waals surface area (Å²) in [6.07, 6.45) is 1.22. The molecule has 1 unspecified atom stereocenters. The van der Waals surface area contributed by atoms with Gasteiger partial charge in [-0.3, -0.25) is 0 Å². The van der Waals surface area contributed by atoms with Gasteiger partial charge in [-0.2, -0.15) is 0 Å². The van der Waals surface area contributed by atoms with E-state index in [-0.39, 0.29) is 0 Å². The smallest absolute Gasteiger partial charge is 0.147 e. The summed E-state index contributed by atoms with van der Waals surface area (Å²) in [7, 11) is 1.80. The lowest BCUT2D eigenvalue weighted by molar-refractivity contribution is 0.266. The molecular weight excluding hydrogens is 295 g/mol. The minimum atomic E-state index is 0.537. The van der Waals surface area contributed by atoms with Gasteiger partial charge >= 0.3 is 0 Å². The van der Waals surface area contributed by atoms with Gasteiger partial charge in [0, 0.05) is 26.2 Å². The van der Waals surface area contributed by atoms with Crippen molar-refractivity contribution in [3.63, 3.8) is 0 Å². The van der Waals surface area contributed by atoms with E-state index in [2.05, 4.69) is 34.4 Å². The predicted octanol–water partition coefficient (Wildman–Crippen LogP) is 3.57. The van der Waals surface area contributed by atoms with Gasteiger partial charge in [-0.05, 0) is 38.8 Å². The fourth-order valence-electron chi connectivity index (χ4n) is 2.51. The van der Waals surface area contributed by atoms with Crippen molar-refractivity contribution in [3.8, 4) is 0 Å². The normalized spacial score (nSPS) is 19.6. The molecule has 0 spiro atoms. The summed E-state index contributed by atoms with van der Waals surface area (Å²) < 4.78 is 0. The topological polar surface area (TPSA) is 40.2 Å². The van der Waals surface area contributed by atoms with Crippen LogP contribution in [-0.4, -0.2) is 42.6 Å². The Morgan fingerprint density at radius 1 is 1.35 bits per heavy atom. The van der Waals surface area contributed by atoms with Crippen LogP contribution in [0.15, 0.2) is 6.07 Å². The van der Waals surface area contributed by atoms with E-state index in [0.29, 0.717) is 33.6 Å². The highest BCUT2D eigenvalue weighted by Crippen LogP contribution is 2.29. The predicted molar refractivity (Wildman–Crippen MR) is 87.1 cm³/mol. The van der Waals surface area contributed by atoms with E-state index in [1.807, 2.05) is 0 Å². The summed E-state index contributed by atoms with van der Waals surface area (Å²) in [6.45, 7) is 7.68. The standard InChI is InChI=1S/C14H22Cl2N4/c1-9(2)20-5-4-10(8-20)7-18-14-12(16)6-11(15)13(17-3)19-14/h6,9-10H,4-5,7-8H2,1-3H3,(H2,17,18,19). The third-order valence-corrected chi connectivity index (χ3v) is 4.35. The monoisotopic (exact) mass is 316 g/mol. The molecule has 0 radical (unpaired) electrons. The number of hydrogen-bond donors (Lipinski definition) is 2. The minimum absolute atomic E-state index is 0.537. The second-order valence-electron chi connectivity index (χ2n) is 5.52. The molecule has 0 aliphatic carbocycles. The number of nitrogens with one attached hydrogen (secondary N) is 2. The molecule has 6 heteroatoms. The van der Waals surface area contributed by atoms with Crippen molar-refractivity contribution < 1.29 is 0 Å². The molecule has 1 aromatic heterocycles. The lowest BCUT2D eigenvalue weighted by Crippen LogP contribution is -2.29. The first kappa shape index (κ1) is 15.7. The molecule has 1 aliphatic rings. The quantitative estimate of drug-likeness (QED) is 0.871. The van der Waals surface area contributed by atoms with Crippen molar-refractivity contribution in [1.29, 1.82) is 0 Å². The van der Waals surface area contributed by atoms with Gasteiger partial charge < -0.3 is 15.5 Å². The third kappa shape index (κ3) is 3.68. The number of halogens is 2. The highest BCUT2D eigenvalue weighted by atomic mass is 35.5. The van der Waals surface area contributed by atoms with Gasteiger partial charge in [0.2, 0.25) is 0 Å². The maximum atomic E-state index is 6.18. The molecule has 0 aromatic carbocycles. The summed E-state index contributed by atoms with van der Waals surface area (Å²) in [5, 5.41) is 7.41. The van der Waals surface area contributed by atoms with E-state index in [1.165, 1.54) is 13.0 Å². The lowest BCUT2D eigenvalue weighted by atomic mass is 10.1. The van der Waals surface area contributed by atoms with Crippen LogP contribution in [0.3, 0.4) is 0 Å². The van der Waals surface area contributed by atoms with Crippen LogP contribution in [-0.2, 0) is 0 Å². The molecule has 1 fully saturated rings. The van der Waals surface area contributed by atoms with E-state index >= 15 is 0 Å². The van der Waals surface area contributed by atoms with Crippen LogP contribution in [0.25, 0.3) is 0 Å². The molecular formula is C14H22Cl2N4. The zero-order valence-corrected chi connectivity index (χ0v) is 13.7. The largest absolute Gasteiger partial charge is 0.372 e. The van der Waals surface area contributed by atoms with Crippen molar-refractivity contribution >= 4 is 34.8 Å². The maximum absolute atomic E-state index is 6.18. The van der Waals surface area contributed by atoms with E-state index in [9.17, 15) is 0 Å². The van der Waals surface area contributed by atoms with E-state index in [4.69, 9.17) is 23.2 Å². The van der Waals surface area contributed by atoms with Crippen LogP contribution in [0.5, 0.6) is 0 Å². The molecule has 1 aliphatic heterocycles. The Hall–Kier alpha value is -0.710. The van der Waals surface area contributed by atoms with Crippen LogP contribution in [0.2, 0.25) is 10.0 Å². The van der Waals surface area contributed by atoms with Crippen molar-refractivity contribution in [3.05, 3.63) is 16.1 Å². The highest BCUT2D eigenvalue weighted by molar-refractivity contribution is 6.37. The zero-order valence-electron chi connectivity index (χ0n) is 12.2. The summed E-state index contributed by atoms with van der Waals surface area (Å²) in [6, 6.07) is 2.34. The molecule has 112 valence electrons. The number of anilines is 2. The van der Waals surface area contributed by atoms with Crippen molar-refractivity contribution in [2.45, 2.75) is 26.3 Å². The second-order valence-corrected chi connectivity index (χ2v) is 6.34. The van der Waals surface area contributed by atoms with Gasteiger partial charge in [0.25, 0.3) is 0 Å². The summed E-state index contributed by atoms with van der Waals surface area (Å²) in [5.41, 5.74) is 0. The third-order valence-electron chi connectivity index (χ3n) is 3.77. The summed E-state index contributed by atoms with van der Waals surface area (Å²) in [4.78, 5) is 6.91. The first-order chi connectivity index (χ1) is 9.51. The molecule has 1 saturated heterocycles. The Bertz CT molecular complexity index is 465. The van der Waals surface area contributed by atoms with E-state index in [0.717, 1.165) is 13.1 Å². The molecule has 0 bridgehead atoms. The molecule has 2 heterocycles. The molecule has 2 rings (SSSR count). The Morgan fingerprint density at radius 3 is 2.65 bits per heavy atom. The van der Waals surface area contributed by atoms with Gasteiger partial charge in [0.05, 0.1) is 10.0 Å². The average molecular weight is 317 g/mol. The van der Waals surface area contributed by atoms with Crippen LogP contribution in [0.1, 0.15) is 20.3 Å². The number of hydrogen-bond acceptors (Lipinski definition) is 4.